The molecule has 1 aliphatic heterocycles. The van der Waals surface area contributed by atoms with Crippen LogP contribution in [0.25, 0.3) is 0 Å². The summed E-state index contributed by atoms with van der Waals surface area (Å²) in [6.45, 7) is 22.2. The summed E-state index contributed by atoms with van der Waals surface area (Å²) in [7, 11) is 0. The molecule has 264 valence electrons. The number of Topliss-reactive ketones (excluding diaryl/α,β-unsaturated/α-hetero) is 1. The number of nitrogens with one attached hydrogen (secondary N) is 4. The number of hydrogen-bond acceptors (Lipinski definition) is 6. The van der Waals surface area contributed by atoms with Gasteiger partial charge in [0.05, 0.1) is 24.3 Å². The second-order valence-electron chi connectivity index (χ2n) is 15.3. The van der Waals surface area contributed by atoms with Crippen molar-refractivity contribution in [3.63, 3.8) is 0 Å². The van der Waals surface area contributed by atoms with Crippen molar-refractivity contribution in [2.45, 2.75) is 130 Å². The normalized spacial score (nSPS) is 23.8. The molecule has 5 amide bonds. The van der Waals surface area contributed by atoms with Crippen molar-refractivity contribution in [2.24, 2.45) is 23.2 Å². The third-order valence-electron chi connectivity index (χ3n) is 10.1. The van der Waals surface area contributed by atoms with Gasteiger partial charge in [-0.3, -0.25) is 19.2 Å². The van der Waals surface area contributed by atoms with E-state index in [9.17, 15) is 24.0 Å². The number of rotatable bonds is 16. The number of carbonyl (C=O) groups excluding carboxylic acids is 5. The van der Waals surface area contributed by atoms with Crippen molar-refractivity contribution < 1.29 is 28.7 Å². The molecule has 2 aliphatic carbocycles. The van der Waals surface area contributed by atoms with E-state index in [1.54, 1.807) is 4.90 Å². The molecule has 3 rings (SSSR count). The van der Waals surface area contributed by atoms with Crippen molar-refractivity contribution in [1.82, 2.24) is 26.2 Å². The second kappa shape index (κ2) is 16.3. The van der Waals surface area contributed by atoms with Crippen LogP contribution in [0.1, 0.15) is 99.8 Å². The highest BCUT2D eigenvalue weighted by molar-refractivity contribution is 6.38. The van der Waals surface area contributed by atoms with Crippen LogP contribution in [-0.2, 0) is 23.9 Å². The van der Waals surface area contributed by atoms with Gasteiger partial charge in [0.2, 0.25) is 17.6 Å². The molecule has 1 heterocycles. The van der Waals surface area contributed by atoms with Gasteiger partial charge in [0.25, 0.3) is 5.91 Å². The first kappa shape index (κ1) is 38.2. The lowest BCUT2D eigenvalue weighted by atomic mass is 9.83. The van der Waals surface area contributed by atoms with Gasteiger partial charge in [-0.05, 0) is 70.1 Å². The second-order valence-corrected chi connectivity index (χ2v) is 15.3. The first-order valence-corrected chi connectivity index (χ1v) is 17.4. The fourth-order valence-electron chi connectivity index (χ4n) is 7.17. The van der Waals surface area contributed by atoms with Crippen LogP contribution >= 0.6 is 0 Å². The predicted molar refractivity (Wildman–Crippen MR) is 182 cm³/mol. The molecular formula is C36H59N5O6. The molecule has 11 heteroatoms. The molecular weight excluding hydrogens is 598 g/mol. The summed E-state index contributed by atoms with van der Waals surface area (Å²) in [6, 6.07) is -3.56. The predicted octanol–water partition coefficient (Wildman–Crippen LogP) is 4.02. The van der Waals surface area contributed by atoms with Crippen molar-refractivity contribution >= 4 is 29.5 Å². The minimum atomic E-state index is -1.00. The molecule has 0 aromatic rings. The SMILES string of the molecule is C=CCNC(=O)C(=O)C(CCCC)NC(=O)[C@@H]1[C@@H]2[C@H](CN1C(=O)[C@@H](NC(=O)N[C@H](COC(C)(C)C)C(=C)C)C1CCCCC1)C2(C)C. The Hall–Kier alpha value is -3.21. The molecule has 1 saturated heterocycles. The number of hydrogen-bond donors (Lipinski definition) is 4. The minimum absolute atomic E-state index is 0.0720. The monoisotopic (exact) mass is 657 g/mol. The molecule has 0 bridgehead atoms. The van der Waals surface area contributed by atoms with Crippen LogP contribution in [-0.4, -0.2) is 83.9 Å². The zero-order valence-electron chi connectivity index (χ0n) is 29.7. The van der Waals surface area contributed by atoms with Gasteiger partial charge in [-0.25, -0.2) is 4.79 Å². The van der Waals surface area contributed by atoms with E-state index in [2.05, 4.69) is 48.3 Å². The Morgan fingerprint density at radius 2 is 1.68 bits per heavy atom. The van der Waals surface area contributed by atoms with Crippen LogP contribution in [0.15, 0.2) is 24.8 Å². The maximum atomic E-state index is 14.5. The summed E-state index contributed by atoms with van der Waals surface area (Å²) in [5, 5.41) is 11.3. The van der Waals surface area contributed by atoms with E-state index in [4.69, 9.17) is 4.74 Å². The lowest BCUT2D eigenvalue weighted by molar-refractivity contribution is -0.144. The van der Waals surface area contributed by atoms with Crippen molar-refractivity contribution in [2.75, 3.05) is 19.7 Å². The van der Waals surface area contributed by atoms with Crippen molar-refractivity contribution in [1.29, 1.82) is 0 Å². The van der Waals surface area contributed by atoms with Gasteiger partial charge in [0.15, 0.2) is 0 Å². The van der Waals surface area contributed by atoms with Crippen molar-refractivity contribution in [3.8, 4) is 0 Å². The van der Waals surface area contributed by atoms with Gasteiger partial charge in [-0.15, -0.1) is 6.58 Å². The Morgan fingerprint density at radius 1 is 1.02 bits per heavy atom. The molecule has 0 aromatic heterocycles. The average Bonchev–Trinajstić information content (AvgIpc) is 3.33. The number of ketones is 1. The maximum absolute atomic E-state index is 14.5. The molecule has 0 aromatic carbocycles. The molecule has 47 heavy (non-hydrogen) atoms. The highest BCUT2D eigenvalue weighted by Gasteiger charge is 2.69. The molecule has 11 nitrogen and oxygen atoms in total. The third kappa shape index (κ3) is 9.90. The zero-order chi connectivity index (χ0) is 35.1. The Kier molecular flexibility index (Phi) is 13.2. The topological polar surface area (TPSA) is 146 Å². The van der Waals surface area contributed by atoms with Gasteiger partial charge >= 0.3 is 6.03 Å². The lowest BCUT2D eigenvalue weighted by Gasteiger charge is -2.37. The van der Waals surface area contributed by atoms with E-state index in [0.717, 1.165) is 44.1 Å². The summed E-state index contributed by atoms with van der Waals surface area (Å²) >= 11 is 0. The maximum Gasteiger partial charge on any atom is 0.316 e. The molecule has 0 spiro atoms. The van der Waals surface area contributed by atoms with Crippen LogP contribution < -0.4 is 21.3 Å². The van der Waals surface area contributed by atoms with Gasteiger partial charge in [-0.1, -0.05) is 71.1 Å². The summed E-state index contributed by atoms with van der Waals surface area (Å²) in [5.41, 5.74) is 0.173. The van der Waals surface area contributed by atoms with Crippen LogP contribution in [0, 0.1) is 23.2 Å². The largest absolute Gasteiger partial charge is 0.373 e. The third-order valence-corrected chi connectivity index (χ3v) is 10.1. The smallest absolute Gasteiger partial charge is 0.316 e. The van der Waals surface area contributed by atoms with E-state index in [-0.39, 0.29) is 42.2 Å². The van der Waals surface area contributed by atoms with E-state index < -0.39 is 53.4 Å². The average molecular weight is 658 g/mol. The quantitative estimate of drug-likeness (QED) is 0.146. The molecule has 0 radical (unpaired) electrons. The number of amides is 5. The number of nitrogens with zero attached hydrogens (tertiary/aromatic N) is 1. The Morgan fingerprint density at radius 3 is 2.26 bits per heavy atom. The van der Waals surface area contributed by atoms with E-state index in [1.807, 2.05) is 34.6 Å². The number of fused-ring (bicyclic) bond motifs is 1. The van der Waals surface area contributed by atoms with Gasteiger partial charge < -0.3 is 30.9 Å². The van der Waals surface area contributed by atoms with Crippen LogP contribution in [0.5, 0.6) is 0 Å². The van der Waals surface area contributed by atoms with Gasteiger partial charge in [0.1, 0.15) is 12.1 Å². The summed E-state index contributed by atoms with van der Waals surface area (Å²) in [6.07, 6.45) is 7.82. The summed E-state index contributed by atoms with van der Waals surface area (Å²) in [5.74, 6) is -2.25. The molecule has 3 aliphatic rings. The highest BCUT2D eigenvalue weighted by Crippen LogP contribution is 2.65. The minimum Gasteiger partial charge on any atom is -0.373 e. The van der Waals surface area contributed by atoms with Crippen LogP contribution in [0.2, 0.25) is 0 Å². The highest BCUT2D eigenvalue weighted by atomic mass is 16.5. The summed E-state index contributed by atoms with van der Waals surface area (Å²) in [4.78, 5) is 69.3. The Bertz CT molecular complexity index is 1190. The number of piperidine rings is 1. The van der Waals surface area contributed by atoms with E-state index in [1.165, 1.54) is 6.08 Å². The van der Waals surface area contributed by atoms with Gasteiger partial charge in [0, 0.05) is 13.1 Å². The molecule has 1 unspecified atom stereocenters. The number of likely N-dealkylation sites (tertiary alicyclic amines) is 1. The van der Waals surface area contributed by atoms with Gasteiger partial charge in [-0.2, -0.15) is 0 Å². The van der Waals surface area contributed by atoms with Crippen molar-refractivity contribution in [3.05, 3.63) is 24.8 Å². The van der Waals surface area contributed by atoms with E-state index in [0.29, 0.717) is 19.4 Å². The fraction of sp³-hybridized carbons (Fsp3) is 0.750. The first-order valence-electron chi connectivity index (χ1n) is 17.4. The molecule has 4 N–H and O–H groups in total. The number of carbonyl (C=O) groups is 5. The molecule has 6 atom stereocenters. The fourth-order valence-corrected chi connectivity index (χ4v) is 7.17. The number of unbranched alkanes of at least 4 members (excludes halogenated alkanes) is 1. The Labute approximate surface area is 281 Å². The van der Waals surface area contributed by atoms with Crippen LogP contribution in [0.3, 0.4) is 0 Å². The number of urea groups is 1. The summed E-state index contributed by atoms with van der Waals surface area (Å²) < 4.78 is 5.91. The number of ether oxygens (including phenoxy) is 1. The zero-order valence-corrected chi connectivity index (χ0v) is 29.7. The first-order chi connectivity index (χ1) is 22.0. The standard InChI is InChI=1S/C36H59N5O6/c1-10-12-18-25(30(42)32(44)37-19-11-2)38-31(43)29-27-24(36(27,8)9)20-41(29)33(45)28(23-16-14-13-15-17-23)40-34(46)39-26(22(3)4)21-47-35(5,6)7/h11,23-29H,2-3,10,12-21H2,1,4-9H3,(H,37,44)(H,38,43)(H2,39,40,46)/t24-,25?,26+,27-,28-,29-/m0/s1. The Balaban J connectivity index is 1.84. The van der Waals surface area contributed by atoms with Crippen LogP contribution in [0.4, 0.5) is 4.79 Å². The van der Waals surface area contributed by atoms with E-state index >= 15 is 0 Å². The lowest BCUT2D eigenvalue weighted by Crippen LogP contribution is -2.61. The molecule has 2 saturated carbocycles. The molecule has 3 fully saturated rings.